The van der Waals surface area contributed by atoms with Crippen LogP contribution in [0.1, 0.15) is 12.5 Å². The second-order valence-electron chi connectivity index (χ2n) is 5.02. The van der Waals surface area contributed by atoms with E-state index in [1.165, 1.54) is 0 Å². The Morgan fingerprint density at radius 1 is 1.35 bits per heavy atom. The summed E-state index contributed by atoms with van der Waals surface area (Å²) in [6, 6.07) is 7.91. The van der Waals surface area contributed by atoms with Crippen molar-refractivity contribution >= 4 is 22.7 Å². The van der Waals surface area contributed by atoms with Crippen molar-refractivity contribution in [3.63, 3.8) is 0 Å². The third-order valence-electron chi connectivity index (χ3n) is 3.77. The van der Waals surface area contributed by atoms with Gasteiger partial charge in [-0.25, -0.2) is 0 Å². The first kappa shape index (κ1) is 12.7. The lowest BCUT2D eigenvalue weighted by Gasteiger charge is -2.16. The van der Waals surface area contributed by atoms with E-state index in [-0.39, 0.29) is 18.4 Å². The summed E-state index contributed by atoms with van der Waals surface area (Å²) in [5, 5.41) is 1.07. The van der Waals surface area contributed by atoms with E-state index in [1.54, 1.807) is 9.80 Å². The number of aromatic amines is 1. The molecule has 0 radical (unpaired) electrons. The fourth-order valence-electron chi connectivity index (χ4n) is 2.59. The molecule has 1 aromatic carbocycles. The monoisotopic (exact) mass is 271 g/mol. The highest BCUT2D eigenvalue weighted by molar-refractivity contribution is 5.92. The van der Waals surface area contributed by atoms with Gasteiger partial charge in [-0.3, -0.25) is 9.59 Å². The van der Waals surface area contributed by atoms with Crippen molar-refractivity contribution < 1.29 is 9.59 Å². The first-order valence-corrected chi connectivity index (χ1v) is 6.79. The fraction of sp³-hybridized carbons (Fsp3) is 0.333. The molecule has 1 aliphatic rings. The highest BCUT2D eigenvalue weighted by Gasteiger charge is 2.29. The lowest BCUT2D eigenvalue weighted by atomic mass is 10.1. The van der Waals surface area contributed by atoms with E-state index in [4.69, 9.17) is 0 Å². The maximum absolute atomic E-state index is 12.3. The molecule has 0 aliphatic carbocycles. The maximum Gasteiger partial charge on any atom is 0.243 e. The maximum atomic E-state index is 12.3. The van der Waals surface area contributed by atoms with Crippen LogP contribution >= 0.6 is 0 Å². The second-order valence-corrected chi connectivity index (χ2v) is 5.02. The van der Waals surface area contributed by atoms with Gasteiger partial charge in [-0.2, -0.15) is 0 Å². The minimum atomic E-state index is -0.000877. The highest BCUT2D eigenvalue weighted by Crippen LogP contribution is 2.19. The molecule has 5 nitrogen and oxygen atoms in total. The van der Waals surface area contributed by atoms with Crippen LogP contribution in [0.15, 0.2) is 30.5 Å². The number of para-hydroxylation sites is 1. The van der Waals surface area contributed by atoms with Crippen LogP contribution < -0.4 is 0 Å². The number of fused-ring (bicyclic) bond motifs is 1. The van der Waals surface area contributed by atoms with Crippen LogP contribution in [-0.2, 0) is 16.0 Å². The van der Waals surface area contributed by atoms with Crippen LogP contribution in [0.2, 0.25) is 0 Å². The number of carbonyl (C=O) groups excluding carboxylic acids is 2. The molecule has 0 spiro atoms. The van der Waals surface area contributed by atoms with Crippen molar-refractivity contribution in [2.75, 3.05) is 19.8 Å². The largest absolute Gasteiger partial charge is 0.361 e. The Morgan fingerprint density at radius 2 is 2.15 bits per heavy atom. The quantitative estimate of drug-likeness (QED) is 0.916. The van der Waals surface area contributed by atoms with E-state index < -0.39 is 0 Å². The van der Waals surface area contributed by atoms with E-state index in [0.29, 0.717) is 19.6 Å². The predicted octanol–water partition coefficient (Wildman–Crippen LogP) is 1.36. The molecule has 1 N–H and O–H groups in total. The summed E-state index contributed by atoms with van der Waals surface area (Å²) < 4.78 is 0. The molecule has 20 heavy (non-hydrogen) atoms. The van der Waals surface area contributed by atoms with Gasteiger partial charge in [0.2, 0.25) is 11.8 Å². The summed E-state index contributed by atoms with van der Waals surface area (Å²) in [7, 11) is 0. The van der Waals surface area contributed by atoms with Crippen molar-refractivity contribution in [2.24, 2.45) is 0 Å². The van der Waals surface area contributed by atoms with Gasteiger partial charge >= 0.3 is 0 Å². The summed E-state index contributed by atoms with van der Waals surface area (Å²) in [5.74, 6) is 0.0267. The minimum absolute atomic E-state index is 0.000877. The summed E-state index contributed by atoms with van der Waals surface area (Å²) in [6.45, 7) is 3.19. The summed E-state index contributed by atoms with van der Waals surface area (Å²) >= 11 is 0. The van der Waals surface area contributed by atoms with E-state index in [0.717, 1.165) is 16.5 Å². The van der Waals surface area contributed by atoms with Crippen LogP contribution in [0.5, 0.6) is 0 Å². The Hall–Kier alpha value is -2.30. The zero-order chi connectivity index (χ0) is 14.1. The number of nitrogens with one attached hydrogen (secondary N) is 1. The Kier molecular flexibility index (Phi) is 3.18. The lowest BCUT2D eigenvalue weighted by Crippen LogP contribution is -2.32. The molecular weight excluding hydrogens is 254 g/mol. The van der Waals surface area contributed by atoms with Crippen LogP contribution in [0, 0.1) is 0 Å². The number of H-pyrrole nitrogens is 1. The fourth-order valence-corrected chi connectivity index (χ4v) is 2.59. The smallest absolute Gasteiger partial charge is 0.243 e. The summed E-state index contributed by atoms with van der Waals surface area (Å²) in [5.41, 5.74) is 2.01. The number of nitrogens with zero attached hydrogens (tertiary/aromatic N) is 2. The SMILES string of the molecule is CCN1CN(C(=O)Cc2c[nH]c3ccccc23)CC1=O. The van der Waals surface area contributed by atoms with Crippen molar-refractivity contribution in [1.29, 1.82) is 0 Å². The molecule has 2 aromatic rings. The first-order valence-electron chi connectivity index (χ1n) is 6.79. The zero-order valence-corrected chi connectivity index (χ0v) is 11.4. The van der Waals surface area contributed by atoms with Gasteiger partial charge in [0, 0.05) is 23.6 Å². The number of hydrogen-bond acceptors (Lipinski definition) is 2. The Bertz CT molecular complexity index is 662. The average Bonchev–Trinajstić information content (AvgIpc) is 3.03. The van der Waals surface area contributed by atoms with Gasteiger partial charge in [-0.05, 0) is 18.6 Å². The van der Waals surface area contributed by atoms with E-state index >= 15 is 0 Å². The summed E-state index contributed by atoms with van der Waals surface area (Å²) in [6.07, 6.45) is 2.20. The van der Waals surface area contributed by atoms with Gasteiger partial charge in [0.25, 0.3) is 0 Å². The molecule has 2 heterocycles. The Morgan fingerprint density at radius 3 is 2.90 bits per heavy atom. The van der Waals surface area contributed by atoms with Crippen LogP contribution in [0.3, 0.4) is 0 Å². The second kappa shape index (κ2) is 5.00. The Labute approximate surface area is 117 Å². The molecule has 1 aromatic heterocycles. The number of rotatable bonds is 3. The van der Waals surface area contributed by atoms with Gasteiger partial charge in [0.15, 0.2) is 0 Å². The molecule has 0 saturated carbocycles. The molecule has 1 aliphatic heterocycles. The van der Waals surface area contributed by atoms with E-state index in [1.807, 2.05) is 37.4 Å². The molecular formula is C15H17N3O2. The van der Waals surface area contributed by atoms with Crippen LogP contribution in [0.4, 0.5) is 0 Å². The third kappa shape index (κ3) is 2.15. The molecule has 104 valence electrons. The number of carbonyl (C=O) groups is 2. The topological polar surface area (TPSA) is 56.4 Å². The molecule has 1 fully saturated rings. The van der Waals surface area contributed by atoms with Crippen LogP contribution in [0.25, 0.3) is 10.9 Å². The van der Waals surface area contributed by atoms with E-state index in [2.05, 4.69) is 4.98 Å². The molecule has 2 amide bonds. The van der Waals surface area contributed by atoms with Crippen LogP contribution in [-0.4, -0.2) is 46.4 Å². The zero-order valence-electron chi connectivity index (χ0n) is 11.4. The normalized spacial score (nSPS) is 15.3. The first-order chi connectivity index (χ1) is 9.69. The van der Waals surface area contributed by atoms with Crippen molar-refractivity contribution in [2.45, 2.75) is 13.3 Å². The molecule has 0 atom stereocenters. The van der Waals surface area contributed by atoms with E-state index in [9.17, 15) is 9.59 Å². The van der Waals surface area contributed by atoms with Gasteiger partial charge < -0.3 is 14.8 Å². The minimum Gasteiger partial charge on any atom is -0.361 e. The highest BCUT2D eigenvalue weighted by atomic mass is 16.2. The van der Waals surface area contributed by atoms with Crippen molar-refractivity contribution in [3.8, 4) is 0 Å². The lowest BCUT2D eigenvalue weighted by molar-refractivity contribution is -0.131. The standard InChI is InChI=1S/C15H17N3O2/c1-2-17-10-18(9-15(17)20)14(19)7-11-8-16-13-6-4-3-5-12(11)13/h3-6,8,16H,2,7,9-10H2,1H3. The molecule has 0 bridgehead atoms. The number of likely N-dealkylation sites (N-methyl/N-ethyl adjacent to an activating group) is 1. The third-order valence-corrected chi connectivity index (χ3v) is 3.77. The van der Waals surface area contributed by atoms with Gasteiger partial charge in [-0.15, -0.1) is 0 Å². The van der Waals surface area contributed by atoms with Gasteiger partial charge in [-0.1, -0.05) is 18.2 Å². The number of amides is 2. The van der Waals surface area contributed by atoms with Crippen molar-refractivity contribution in [1.82, 2.24) is 14.8 Å². The molecule has 1 saturated heterocycles. The molecule has 5 heteroatoms. The average molecular weight is 271 g/mol. The van der Waals surface area contributed by atoms with Gasteiger partial charge in [0.05, 0.1) is 13.1 Å². The van der Waals surface area contributed by atoms with Gasteiger partial charge in [0.1, 0.15) is 6.54 Å². The Balaban J connectivity index is 1.75. The number of hydrogen-bond donors (Lipinski definition) is 1. The number of aromatic nitrogens is 1. The predicted molar refractivity (Wildman–Crippen MR) is 76.0 cm³/mol. The molecule has 3 rings (SSSR count). The summed E-state index contributed by atoms with van der Waals surface area (Å²) in [4.78, 5) is 30.4. The molecule has 0 unspecified atom stereocenters. The van der Waals surface area contributed by atoms with Crippen molar-refractivity contribution in [3.05, 3.63) is 36.0 Å². The number of benzene rings is 1.